The lowest BCUT2D eigenvalue weighted by Gasteiger charge is -2.10. The molecule has 0 radical (unpaired) electrons. The van der Waals surface area contributed by atoms with Crippen molar-refractivity contribution in [3.8, 4) is 0 Å². The van der Waals surface area contributed by atoms with E-state index in [0.29, 0.717) is 18.0 Å². The van der Waals surface area contributed by atoms with Crippen LogP contribution in [0.25, 0.3) is 0 Å². The number of carbonyl (C=O) groups excluding carboxylic acids is 1. The monoisotopic (exact) mass is 240 g/mol. The fourth-order valence-corrected chi connectivity index (χ4v) is 1.38. The van der Waals surface area contributed by atoms with Crippen LogP contribution in [0.3, 0.4) is 0 Å². The molecule has 4 heteroatoms. The van der Waals surface area contributed by atoms with Gasteiger partial charge in [-0.15, -0.1) is 0 Å². The van der Waals surface area contributed by atoms with E-state index in [4.69, 9.17) is 11.6 Å². The summed E-state index contributed by atoms with van der Waals surface area (Å²) in [6.07, 6.45) is 0.490. The van der Waals surface area contributed by atoms with E-state index >= 15 is 0 Å². The highest BCUT2D eigenvalue weighted by Gasteiger charge is 2.06. The van der Waals surface area contributed by atoms with Crippen LogP contribution in [0.2, 0.25) is 5.02 Å². The third kappa shape index (κ3) is 4.64. The van der Waals surface area contributed by atoms with Gasteiger partial charge in [-0.3, -0.25) is 4.79 Å². The third-order valence-corrected chi connectivity index (χ3v) is 2.64. The van der Waals surface area contributed by atoms with Crippen LogP contribution in [0, 0.1) is 0 Å². The van der Waals surface area contributed by atoms with Gasteiger partial charge in [0.05, 0.1) is 0 Å². The second-order valence-electron chi connectivity index (χ2n) is 3.80. The summed E-state index contributed by atoms with van der Waals surface area (Å²) in [5.41, 5.74) is 1.05. The molecule has 0 fully saturated rings. The molecule has 0 aliphatic carbocycles. The molecule has 0 heterocycles. The van der Waals surface area contributed by atoms with Gasteiger partial charge in [-0.2, -0.15) is 0 Å². The van der Waals surface area contributed by atoms with E-state index in [1.807, 2.05) is 38.2 Å². The Labute approximate surface area is 101 Å². The van der Waals surface area contributed by atoms with Gasteiger partial charge in [-0.1, -0.05) is 23.7 Å². The van der Waals surface area contributed by atoms with Crippen molar-refractivity contribution in [3.05, 3.63) is 34.9 Å². The zero-order chi connectivity index (χ0) is 12.0. The SMILES string of the molecule is CNC(C)CC(=O)NCc1ccc(Cl)cc1. The normalized spacial score (nSPS) is 12.2. The van der Waals surface area contributed by atoms with Crippen LogP contribution < -0.4 is 10.6 Å². The molecule has 1 atom stereocenters. The summed E-state index contributed by atoms with van der Waals surface area (Å²) in [6.45, 7) is 2.52. The van der Waals surface area contributed by atoms with Crippen LogP contribution in [-0.2, 0) is 11.3 Å². The summed E-state index contributed by atoms with van der Waals surface area (Å²) < 4.78 is 0. The topological polar surface area (TPSA) is 41.1 Å². The number of amides is 1. The number of hydrogen-bond donors (Lipinski definition) is 2. The van der Waals surface area contributed by atoms with E-state index in [9.17, 15) is 4.79 Å². The Morgan fingerprint density at radius 1 is 1.38 bits per heavy atom. The van der Waals surface area contributed by atoms with Crippen LogP contribution in [-0.4, -0.2) is 19.0 Å². The predicted molar refractivity (Wildman–Crippen MR) is 66.4 cm³/mol. The molecular weight excluding hydrogens is 224 g/mol. The van der Waals surface area contributed by atoms with E-state index in [1.165, 1.54) is 0 Å². The summed E-state index contributed by atoms with van der Waals surface area (Å²) in [5, 5.41) is 6.59. The van der Waals surface area contributed by atoms with Crippen LogP contribution >= 0.6 is 11.6 Å². The van der Waals surface area contributed by atoms with Crippen molar-refractivity contribution in [2.75, 3.05) is 7.05 Å². The Bertz CT molecular complexity index is 337. The van der Waals surface area contributed by atoms with Gasteiger partial charge in [0, 0.05) is 24.0 Å². The summed E-state index contributed by atoms with van der Waals surface area (Å²) in [6, 6.07) is 7.65. The maximum atomic E-state index is 11.5. The summed E-state index contributed by atoms with van der Waals surface area (Å²) in [4.78, 5) is 11.5. The zero-order valence-corrected chi connectivity index (χ0v) is 10.3. The van der Waals surface area contributed by atoms with Crippen LogP contribution in [0.4, 0.5) is 0 Å². The number of nitrogens with one attached hydrogen (secondary N) is 2. The van der Waals surface area contributed by atoms with Crippen molar-refractivity contribution in [3.63, 3.8) is 0 Å². The maximum absolute atomic E-state index is 11.5. The first-order chi connectivity index (χ1) is 7.61. The summed E-state index contributed by atoms with van der Waals surface area (Å²) in [5.74, 6) is 0.0526. The summed E-state index contributed by atoms with van der Waals surface area (Å²) in [7, 11) is 1.84. The molecule has 16 heavy (non-hydrogen) atoms. The molecule has 0 aliphatic heterocycles. The number of rotatable bonds is 5. The van der Waals surface area contributed by atoms with E-state index < -0.39 is 0 Å². The number of hydrogen-bond acceptors (Lipinski definition) is 2. The molecular formula is C12H17ClN2O. The largest absolute Gasteiger partial charge is 0.352 e. The zero-order valence-electron chi connectivity index (χ0n) is 9.59. The minimum Gasteiger partial charge on any atom is -0.352 e. The van der Waals surface area contributed by atoms with Crippen molar-refractivity contribution in [2.45, 2.75) is 25.9 Å². The van der Waals surface area contributed by atoms with Gasteiger partial charge in [0.1, 0.15) is 0 Å². The van der Waals surface area contributed by atoms with Crippen LogP contribution in [0.1, 0.15) is 18.9 Å². The second kappa shape index (κ2) is 6.51. The Hall–Kier alpha value is -1.06. The Morgan fingerprint density at radius 2 is 2.00 bits per heavy atom. The average molecular weight is 241 g/mol. The highest BCUT2D eigenvalue weighted by Crippen LogP contribution is 2.09. The van der Waals surface area contributed by atoms with Gasteiger partial charge < -0.3 is 10.6 Å². The van der Waals surface area contributed by atoms with Gasteiger partial charge in [0.2, 0.25) is 5.91 Å². The fraction of sp³-hybridized carbons (Fsp3) is 0.417. The quantitative estimate of drug-likeness (QED) is 0.826. The van der Waals surface area contributed by atoms with Gasteiger partial charge in [0.25, 0.3) is 0 Å². The van der Waals surface area contributed by atoms with Crippen LogP contribution in [0.5, 0.6) is 0 Å². The molecule has 2 N–H and O–H groups in total. The molecule has 0 aromatic heterocycles. The molecule has 1 rings (SSSR count). The number of carbonyl (C=O) groups is 1. The van der Waals surface area contributed by atoms with E-state index in [0.717, 1.165) is 5.56 Å². The van der Waals surface area contributed by atoms with Gasteiger partial charge >= 0.3 is 0 Å². The fourth-order valence-electron chi connectivity index (χ4n) is 1.26. The molecule has 0 saturated heterocycles. The van der Waals surface area contributed by atoms with Crippen LogP contribution in [0.15, 0.2) is 24.3 Å². The number of halogens is 1. The lowest BCUT2D eigenvalue weighted by atomic mass is 10.2. The predicted octanol–water partition coefficient (Wildman–Crippen LogP) is 1.95. The molecule has 3 nitrogen and oxygen atoms in total. The van der Waals surface area contributed by atoms with Crippen molar-refractivity contribution in [2.24, 2.45) is 0 Å². The first-order valence-electron chi connectivity index (χ1n) is 5.30. The smallest absolute Gasteiger partial charge is 0.221 e. The third-order valence-electron chi connectivity index (χ3n) is 2.39. The van der Waals surface area contributed by atoms with Crippen molar-refractivity contribution >= 4 is 17.5 Å². The molecule has 1 aromatic rings. The molecule has 88 valence electrons. The highest BCUT2D eigenvalue weighted by atomic mass is 35.5. The molecule has 0 saturated carbocycles. The van der Waals surface area contributed by atoms with E-state index in [1.54, 1.807) is 0 Å². The lowest BCUT2D eigenvalue weighted by Crippen LogP contribution is -2.31. The first-order valence-corrected chi connectivity index (χ1v) is 5.68. The number of benzene rings is 1. The Kier molecular flexibility index (Phi) is 5.29. The minimum absolute atomic E-state index is 0.0526. The molecule has 1 unspecified atom stereocenters. The molecule has 0 aliphatic rings. The van der Waals surface area contributed by atoms with Crippen molar-refractivity contribution < 1.29 is 4.79 Å². The van der Waals surface area contributed by atoms with Gasteiger partial charge in [-0.25, -0.2) is 0 Å². The molecule has 0 bridgehead atoms. The van der Waals surface area contributed by atoms with Crippen molar-refractivity contribution in [1.29, 1.82) is 0 Å². The van der Waals surface area contributed by atoms with E-state index in [-0.39, 0.29) is 11.9 Å². The van der Waals surface area contributed by atoms with Gasteiger partial charge in [0.15, 0.2) is 0 Å². The average Bonchev–Trinajstić information content (AvgIpc) is 2.28. The van der Waals surface area contributed by atoms with E-state index in [2.05, 4.69) is 10.6 Å². The first kappa shape index (κ1) is 13.0. The minimum atomic E-state index is 0.0526. The maximum Gasteiger partial charge on any atom is 0.221 e. The van der Waals surface area contributed by atoms with Gasteiger partial charge in [-0.05, 0) is 31.7 Å². The van der Waals surface area contributed by atoms with Crippen molar-refractivity contribution in [1.82, 2.24) is 10.6 Å². The standard InChI is InChI=1S/C12H17ClN2O/c1-9(14-2)7-12(16)15-8-10-3-5-11(13)6-4-10/h3-6,9,14H,7-8H2,1-2H3,(H,15,16). The lowest BCUT2D eigenvalue weighted by molar-refractivity contribution is -0.121. The Morgan fingerprint density at radius 3 is 2.56 bits per heavy atom. The second-order valence-corrected chi connectivity index (χ2v) is 4.23. The molecule has 1 aromatic carbocycles. The Balaban J connectivity index is 2.34. The molecule has 1 amide bonds. The summed E-state index contributed by atoms with van der Waals surface area (Å²) >= 11 is 5.77. The molecule has 0 spiro atoms. The highest BCUT2D eigenvalue weighted by molar-refractivity contribution is 6.30.